The maximum absolute atomic E-state index is 12.1. The van der Waals surface area contributed by atoms with E-state index in [1.165, 1.54) is 0 Å². The van der Waals surface area contributed by atoms with E-state index < -0.39 is 12.0 Å². The Labute approximate surface area is 112 Å². The van der Waals surface area contributed by atoms with Crippen LogP contribution in [0.1, 0.15) is 42.9 Å². The zero-order valence-electron chi connectivity index (χ0n) is 11.1. The van der Waals surface area contributed by atoms with Gasteiger partial charge in [-0.25, -0.2) is 4.79 Å². The highest BCUT2D eigenvalue weighted by molar-refractivity contribution is 5.86. The van der Waals surface area contributed by atoms with E-state index >= 15 is 0 Å². The first-order chi connectivity index (χ1) is 9.09. The molecule has 1 atom stereocenters. The first-order valence-corrected chi connectivity index (χ1v) is 6.68. The normalized spacial score (nSPS) is 17.1. The van der Waals surface area contributed by atoms with Gasteiger partial charge in [-0.2, -0.15) is 0 Å². The number of aliphatic carboxylic acids is 1. The van der Waals surface area contributed by atoms with E-state index in [4.69, 9.17) is 0 Å². The summed E-state index contributed by atoms with van der Waals surface area (Å²) in [6, 6.07) is 6.31. The summed E-state index contributed by atoms with van der Waals surface area (Å²) in [6.45, 7) is 1.85. The maximum atomic E-state index is 12.1. The average molecular weight is 261 g/mol. The minimum Gasteiger partial charge on any atom is -0.479 e. The third kappa shape index (κ3) is 3.13. The van der Waals surface area contributed by atoms with Gasteiger partial charge in [0.15, 0.2) is 6.04 Å². The molecule has 4 nitrogen and oxygen atoms in total. The molecule has 2 N–H and O–H groups in total. The molecule has 1 unspecified atom stereocenters. The molecule has 1 saturated carbocycles. The molecule has 0 aliphatic heterocycles. The van der Waals surface area contributed by atoms with Crippen LogP contribution in [0.5, 0.6) is 0 Å². The molecule has 2 rings (SSSR count). The van der Waals surface area contributed by atoms with Crippen LogP contribution in [0.2, 0.25) is 0 Å². The van der Waals surface area contributed by atoms with Crippen molar-refractivity contribution in [3.63, 3.8) is 0 Å². The molecule has 1 aliphatic rings. The van der Waals surface area contributed by atoms with E-state index in [2.05, 4.69) is 5.32 Å². The van der Waals surface area contributed by atoms with Gasteiger partial charge in [0.05, 0.1) is 0 Å². The number of carboxylic acids is 1. The molecule has 19 heavy (non-hydrogen) atoms. The second kappa shape index (κ2) is 5.87. The second-order valence-corrected chi connectivity index (χ2v) is 5.12. The number of hydrogen-bond donors (Lipinski definition) is 2. The topological polar surface area (TPSA) is 66.4 Å². The Kier molecular flexibility index (Phi) is 4.20. The summed E-state index contributed by atoms with van der Waals surface area (Å²) >= 11 is 0. The number of amides is 1. The Morgan fingerprint density at radius 2 is 1.89 bits per heavy atom. The lowest BCUT2D eigenvalue weighted by atomic mass is 10.00. The average Bonchev–Trinajstić information content (AvgIpc) is 2.90. The highest BCUT2D eigenvalue weighted by atomic mass is 16.4. The highest BCUT2D eigenvalue weighted by Crippen LogP contribution is 2.26. The summed E-state index contributed by atoms with van der Waals surface area (Å²) in [7, 11) is 0. The van der Waals surface area contributed by atoms with E-state index in [9.17, 15) is 14.7 Å². The zero-order valence-corrected chi connectivity index (χ0v) is 11.1. The van der Waals surface area contributed by atoms with Gasteiger partial charge in [-0.3, -0.25) is 4.79 Å². The van der Waals surface area contributed by atoms with E-state index in [0.717, 1.165) is 31.2 Å². The summed E-state index contributed by atoms with van der Waals surface area (Å²) in [4.78, 5) is 23.5. The van der Waals surface area contributed by atoms with Crippen LogP contribution >= 0.6 is 0 Å². The van der Waals surface area contributed by atoms with Crippen molar-refractivity contribution in [2.75, 3.05) is 0 Å². The Morgan fingerprint density at radius 3 is 2.47 bits per heavy atom. The van der Waals surface area contributed by atoms with E-state index in [1.807, 2.05) is 19.1 Å². The summed E-state index contributed by atoms with van der Waals surface area (Å²) in [5.74, 6) is -1.17. The van der Waals surface area contributed by atoms with Gasteiger partial charge in [-0.15, -0.1) is 0 Å². The molecular formula is C15H19NO3. The van der Waals surface area contributed by atoms with Gasteiger partial charge >= 0.3 is 5.97 Å². The lowest BCUT2D eigenvalue weighted by Crippen LogP contribution is -2.37. The minimum atomic E-state index is -1.01. The molecule has 1 aromatic carbocycles. The monoisotopic (exact) mass is 261 g/mol. The van der Waals surface area contributed by atoms with Gasteiger partial charge in [0.25, 0.3) is 0 Å². The van der Waals surface area contributed by atoms with Crippen LogP contribution in [0.4, 0.5) is 0 Å². The van der Waals surface area contributed by atoms with Gasteiger partial charge in [0.1, 0.15) is 0 Å². The van der Waals surface area contributed by atoms with Gasteiger partial charge in [-0.05, 0) is 30.9 Å². The number of carboxylic acid groups (broad SMARTS) is 1. The number of hydrogen-bond acceptors (Lipinski definition) is 2. The molecule has 1 amide bonds. The van der Waals surface area contributed by atoms with Crippen LogP contribution in [0.3, 0.4) is 0 Å². The Bertz CT molecular complexity index is 478. The standard InChI is InChI=1S/C15H19NO3/c1-10-6-2-5-9-12(10)13(15(18)19)16-14(17)11-7-3-4-8-11/h2,5-6,9,11,13H,3-4,7-8H2,1H3,(H,16,17)(H,18,19). The van der Waals surface area contributed by atoms with Crippen molar-refractivity contribution in [3.8, 4) is 0 Å². The molecule has 1 aromatic rings. The summed E-state index contributed by atoms with van der Waals surface area (Å²) < 4.78 is 0. The molecule has 0 aromatic heterocycles. The second-order valence-electron chi connectivity index (χ2n) is 5.12. The highest BCUT2D eigenvalue weighted by Gasteiger charge is 2.28. The van der Waals surface area contributed by atoms with Crippen molar-refractivity contribution in [2.45, 2.75) is 38.6 Å². The maximum Gasteiger partial charge on any atom is 0.330 e. The van der Waals surface area contributed by atoms with Crippen molar-refractivity contribution in [1.29, 1.82) is 0 Å². The third-order valence-electron chi connectivity index (χ3n) is 3.76. The van der Waals surface area contributed by atoms with Crippen LogP contribution in [0, 0.1) is 12.8 Å². The van der Waals surface area contributed by atoms with Crippen LogP contribution < -0.4 is 5.32 Å². The molecule has 4 heteroatoms. The molecule has 0 heterocycles. The van der Waals surface area contributed by atoms with Crippen LogP contribution in [-0.2, 0) is 9.59 Å². The molecule has 0 spiro atoms. The SMILES string of the molecule is Cc1ccccc1C(NC(=O)C1CCCC1)C(=O)O. The predicted octanol–water partition coefficient (Wildman–Crippen LogP) is 2.43. The van der Waals surface area contributed by atoms with Crippen LogP contribution in [-0.4, -0.2) is 17.0 Å². The lowest BCUT2D eigenvalue weighted by Gasteiger charge is -2.19. The zero-order chi connectivity index (χ0) is 13.8. The van der Waals surface area contributed by atoms with Crippen molar-refractivity contribution in [1.82, 2.24) is 5.32 Å². The smallest absolute Gasteiger partial charge is 0.330 e. The molecule has 1 fully saturated rings. The third-order valence-corrected chi connectivity index (χ3v) is 3.76. The summed E-state index contributed by atoms with van der Waals surface area (Å²) in [6.07, 6.45) is 3.85. The molecule has 1 aliphatic carbocycles. The molecule has 0 saturated heterocycles. The molecule has 102 valence electrons. The van der Waals surface area contributed by atoms with Crippen LogP contribution in [0.25, 0.3) is 0 Å². The number of carbonyl (C=O) groups excluding carboxylic acids is 1. The van der Waals surface area contributed by atoms with Crippen molar-refractivity contribution >= 4 is 11.9 Å². The van der Waals surface area contributed by atoms with E-state index in [-0.39, 0.29) is 11.8 Å². The summed E-state index contributed by atoms with van der Waals surface area (Å²) in [5, 5.41) is 12.0. The van der Waals surface area contributed by atoms with Crippen molar-refractivity contribution in [3.05, 3.63) is 35.4 Å². The first-order valence-electron chi connectivity index (χ1n) is 6.68. The van der Waals surface area contributed by atoms with Crippen molar-refractivity contribution in [2.24, 2.45) is 5.92 Å². The largest absolute Gasteiger partial charge is 0.479 e. The lowest BCUT2D eigenvalue weighted by molar-refractivity contribution is -0.142. The van der Waals surface area contributed by atoms with Gasteiger partial charge in [0.2, 0.25) is 5.91 Å². The number of carbonyl (C=O) groups is 2. The minimum absolute atomic E-state index is 0.0223. The quantitative estimate of drug-likeness (QED) is 0.874. The number of aryl methyl sites for hydroxylation is 1. The number of benzene rings is 1. The fourth-order valence-electron chi connectivity index (χ4n) is 2.63. The molecular weight excluding hydrogens is 242 g/mol. The fraction of sp³-hybridized carbons (Fsp3) is 0.467. The fourth-order valence-corrected chi connectivity index (χ4v) is 2.63. The molecule has 0 radical (unpaired) electrons. The Balaban J connectivity index is 2.15. The first kappa shape index (κ1) is 13.6. The molecule has 0 bridgehead atoms. The number of nitrogens with one attached hydrogen (secondary N) is 1. The van der Waals surface area contributed by atoms with Gasteiger partial charge < -0.3 is 10.4 Å². The van der Waals surface area contributed by atoms with Crippen molar-refractivity contribution < 1.29 is 14.7 Å². The van der Waals surface area contributed by atoms with E-state index in [0.29, 0.717) is 5.56 Å². The van der Waals surface area contributed by atoms with Gasteiger partial charge in [0, 0.05) is 5.92 Å². The van der Waals surface area contributed by atoms with E-state index in [1.54, 1.807) is 12.1 Å². The Morgan fingerprint density at radius 1 is 1.26 bits per heavy atom. The number of rotatable bonds is 4. The predicted molar refractivity (Wildman–Crippen MR) is 71.7 cm³/mol. The summed E-state index contributed by atoms with van der Waals surface area (Å²) in [5.41, 5.74) is 1.53. The van der Waals surface area contributed by atoms with Gasteiger partial charge in [-0.1, -0.05) is 37.1 Å². The Hall–Kier alpha value is -1.84. The van der Waals surface area contributed by atoms with Crippen LogP contribution in [0.15, 0.2) is 24.3 Å².